The molecular formula is C17H38N2. The highest BCUT2D eigenvalue weighted by Crippen LogP contribution is 2.27. The molecule has 19 heavy (non-hydrogen) atoms. The second-order valence-electron chi connectivity index (χ2n) is 5.84. The summed E-state index contributed by atoms with van der Waals surface area (Å²) < 4.78 is 0. The Hall–Kier alpha value is -0.0800. The summed E-state index contributed by atoms with van der Waals surface area (Å²) in [4.78, 5) is 2.64. The van der Waals surface area contributed by atoms with Gasteiger partial charge < -0.3 is 5.32 Å². The molecule has 0 heterocycles. The van der Waals surface area contributed by atoms with E-state index in [1.165, 1.54) is 38.5 Å². The van der Waals surface area contributed by atoms with Crippen molar-refractivity contribution in [2.24, 2.45) is 0 Å². The summed E-state index contributed by atoms with van der Waals surface area (Å²) in [6.07, 6.45) is 7.99. The maximum absolute atomic E-state index is 3.76. The molecule has 0 amide bonds. The van der Waals surface area contributed by atoms with Crippen LogP contribution in [0.1, 0.15) is 80.1 Å². The molecule has 0 spiro atoms. The van der Waals surface area contributed by atoms with Crippen molar-refractivity contribution in [1.82, 2.24) is 10.2 Å². The molecule has 0 saturated carbocycles. The van der Waals surface area contributed by atoms with Crippen LogP contribution in [-0.2, 0) is 0 Å². The lowest BCUT2D eigenvalue weighted by Gasteiger charge is -2.46. The Labute approximate surface area is 122 Å². The van der Waals surface area contributed by atoms with Gasteiger partial charge in [-0.1, -0.05) is 60.3 Å². The highest BCUT2D eigenvalue weighted by atomic mass is 15.2. The van der Waals surface area contributed by atoms with Crippen molar-refractivity contribution in [3.8, 4) is 0 Å². The van der Waals surface area contributed by atoms with E-state index in [-0.39, 0.29) is 0 Å². The monoisotopic (exact) mass is 270 g/mol. The molecule has 0 aliphatic heterocycles. The highest BCUT2D eigenvalue weighted by Gasteiger charge is 2.35. The maximum atomic E-state index is 3.76. The summed E-state index contributed by atoms with van der Waals surface area (Å²) in [5.74, 6) is 0. The lowest BCUT2D eigenvalue weighted by Crippen LogP contribution is -2.59. The molecule has 1 N–H and O–H groups in total. The van der Waals surface area contributed by atoms with Crippen molar-refractivity contribution in [2.45, 2.75) is 91.6 Å². The lowest BCUT2D eigenvalue weighted by molar-refractivity contribution is 0.0662. The zero-order valence-electron chi connectivity index (χ0n) is 14.4. The average molecular weight is 271 g/mol. The number of likely N-dealkylation sites (N-methyl/N-ethyl adjacent to an activating group) is 2. The van der Waals surface area contributed by atoms with Crippen LogP contribution >= 0.6 is 0 Å². The number of rotatable bonds is 12. The minimum Gasteiger partial charge on any atom is -0.312 e. The standard InChI is InChI=1S/C17H38N2/c1-7-12-13-14-15-16(18-9-3)17(6,8-2)19(10-4)11-5/h16,18H,7-15H2,1-6H3. The number of unbranched alkanes of at least 4 members (excludes halogenated alkanes) is 3. The van der Waals surface area contributed by atoms with Gasteiger partial charge in [0.1, 0.15) is 0 Å². The number of nitrogens with one attached hydrogen (secondary N) is 1. The zero-order chi connectivity index (χ0) is 14.7. The molecular weight excluding hydrogens is 232 g/mol. The third-order valence-corrected chi connectivity index (χ3v) is 4.75. The predicted molar refractivity (Wildman–Crippen MR) is 87.8 cm³/mol. The van der Waals surface area contributed by atoms with Crippen LogP contribution in [-0.4, -0.2) is 36.1 Å². The smallest absolute Gasteiger partial charge is 0.0331 e. The molecule has 0 bridgehead atoms. The average Bonchev–Trinajstić information content (AvgIpc) is 2.43. The normalized spacial score (nSPS) is 16.6. The van der Waals surface area contributed by atoms with Crippen molar-refractivity contribution >= 4 is 0 Å². The first-order chi connectivity index (χ1) is 9.10. The maximum Gasteiger partial charge on any atom is 0.0331 e. The summed E-state index contributed by atoms with van der Waals surface area (Å²) in [6, 6.07) is 0.624. The SMILES string of the molecule is CCCCCCC(NCC)C(C)(CC)N(CC)CC. The van der Waals surface area contributed by atoms with Gasteiger partial charge in [0, 0.05) is 11.6 Å². The molecule has 0 aromatic carbocycles. The van der Waals surface area contributed by atoms with Crippen LogP contribution in [0.25, 0.3) is 0 Å². The van der Waals surface area contributed by atoms with E-state index in [4.69, 9.17) is 0 Å². The number of hydrogen-bond acceptors (Lipinski definition) is 2. The summed E-state index contributed by atoms with van der Waals surface area (Å²) in [5.41, 5.74) is 0.297. The van der Waals surface area contributed by atoms with Gasteiger partial charge in [0.25, 0.3) is 0 Å². The first-order valence-electron chi connectivity index (χ1n) is 8.58. The van der Waals surface area contributed by atoms with Crippen LogP contribution in [0.15, 0.2) is 0 Å². The second kappa shape index (κ2) is 10.7. The summed E-state index contributed by atoms with van der Waals surface area (Å²) in [7, 11) is 0. The minimum absolute atomic E-state index is 0.297. The van der Waals surface area contributed by atoms with Crippen LogP contribution in [0.3, 0.4) is 0 Å². The molecule has 0 aliphatic rings. The third-order valence-electron chi connectivity index (χ3n) is 4.75. The van der Waals surface area contributed by atoms with E-state index in [2.05, 4.69) is 51.8 Å². The molecule has 0 radical (unpaired) electrons. The molecule has 2 atom stereocenters. The Morgan fingerprint density at radius 1 is 0.947 bits per heavy atom. The fourth-order valence-electron chi connectivity index (χ4n) is 3.29. The Morgan fingerprint density at radius 2 is 1.58 bits per heavy atom. The van der Waals surface area contributed by atoms with Gasteiger partial charge in [0.05, 0.1) is 0 Å². The molecule has 0 rings (SSSR count). The largest absolute Gasteiger partial charge is 0.312 e. The van der Waals surface area contributed by atoms with Crippen LogP contribution < -0.4 is 5.32 Å². The van der Waals surface area contributed by atoms with Crippen molar-refractivity contribution in [3.05, 3.63) is 0 Å². The van der Waals surface area contributed by atoms with E-state index in [0.717, 1.165) is 19.6 Å². The van der Waals surface area contributed by atoms with Gasteiger partial charge in [-0.25, -0.2) is 0 Å². The molecule has 2 unspecified atom stereocenters. The molecule has 0 aromatic rings. The second-order valence-corrected chi connectivity index (χ2v) is 5.84. The summed E-state index contributed by atoms with van der Waals surface area (Å²) in [6.45, 7) is 17.3. The summed E-state index contributed by atoms with van der Waals surface area (Å²) >= 11 is 0. The molecule has 116 valence electrons. The lowest BCUT2D eigenvalue weighted by atomic mass is 9.83. The van der Waals surface area contributed by atoms with E-state index >= 15 is 0 Å². The van der Waals surface area contributed by atoms with Crippen LogP contribution in [0.4, 0.5) is 0 Å². The van der Waals surface area contributed by atoms with E-state index in [1.54, 1.807) is 0 Å². The third kappa shape index (κ3) is 5.83. The first kappa shape index (κ1) is 18.9. The van der Waals surface area contributed by atoms with E-state index < -0.39 is 0 Å². The molecule has 0 fully saturated rings. The van der Waals surface area contributed by atoms with Crippen molar-refractivity contribution < 1.29 is 0 Å². The first-order valence-corrected chi connectivity index (χ1v) is 8.58. The number of hydrogen-bond donors (Lipinski definition) is 1. The Kier molecular flexibility index (Phi) is 10.6. The molecule has 2 heteroatoms. The fourth-order valence-corrected chi connectivity index (χ4v) is 3.29. The van der Waals surface area contributed by atoms with Crippen LogP contribution in [0, 0.1) is 0 Å². The highest BCUT2D eigenvalue weighted by molar-refractivity contribution is 4.95. The molecule has 0 aliphatic carbocycles. The zero-order valence-corrected chi connectivity index (χ0v) is 14.4. The minimum atomic E-state index is 0.297. The van der Waals surface area contributed by atoms with Gasteiger partial charge in [0.2, 0.25) is 0 Å². The van der Waals surface area contributed by atoms with Crippen molar-refractivity contribution in [3.63, 3.8) is 0 Å². The summed E-state index contributed by atoms with van der Waals surface area (Å²) in [5, 5.41) is 3.76. The molecule has 0 aromatic heterocycles. The van der Waals surface area contributed by atoms with Crippen LogP contribution in [0.5, 0.6) is 0 Å². The Balaban J connectivity index is 4.67. The van der Waals surface area contributed by atoms with E-state index in [0.29, 0.717) is 11.6 Å². The van der Waals surface area contributed by atoms with Crippen molar-refractivity contribution in [1.29, 1.82) is 0 Å². The van der Waals surface area contributed by atoms with Crippen LogP contribution in [0.2, 0.25) is 0 Å². The van der Waals surface area contributed by atoms with E-state index in [9.17, 15) is 0 Å². The number of nitrogens with zero attached hydrogens (tertiary/aromatic N) is 1. The fraction of sp³-hybridized carbons (Fsp3) is 1.00. The quantitative estimate of drug-likeness (QED) is 0.527. The van der Waals surface area contributed by atoms with Gasteiger partial charge >= 0.3 is 0 Å². The predicted octanol–water partition coefficient (Wildman–Crippen LogP) is 4.45. The van der Waals surface area contributed by atoms with Gasteiger partial charge in [-0.3, -0.25) is 4.90 Å². The Morgan fingerprint density at radius 3 is 2.00 bits per heavy atom. The van der Waals surface area contributed by atoms with Gasteiger partial charge in [-0.05, 0) is 39.4 Å². The Bertz CT molecular complexity index is 201. The van der Waals surface area contributed by atoms with E-state index in [1.807, 2.05) is 0 Å². The van der Waals surface area contributed by atoms with Gasteiger partial charge in [-0.15, -0.1) is 0 Å². The van der Waals surface area contributed by atoms with Gasteiger partial charge in [0.15, 0.2) is 0 Å². The molecule has 0 saturated heterocycles. The topological polar surface area (TPSA) is 15.3 Å². The van der Waals surface area contributed by atoms with Crippen molar-refractivity contribution in [2.75, 3.05) is 19.6 Å². The van der Waals surface area contributed by atoms with Gasteiger partial charge in [-0.2, -0.15) is 0 Å². The molecule has 2 nitrogen and oxygen atoms in total.